The number of nitrogens with zero attached hydrogens (tertiary/aromatic N) is 1. The van der Waals surface area contributed by atoms with Gasteiger partial charge in [-0.15, -0.1) is 0 Å². The summed E-state index contributed by atoms with van der Waals surface area (Å²) in [5, 5.41) is 0. The van der Waals surface area contributed by atoms with E-state index in [-0.39, 0.29) is 0 Å². The fourth-order valence-electron chi connectivity index (χ4n) is 0.0373. The first-order valence-corrected chi connectivity index (χ1v) is 1.07. The van der Waals surface area contributed by atoms with Gasteiger partial charge in [0, 0.05) is 0 Å². The number of hydrogen-bond donors (Lipinski definition) is 0. The van der Waals surface area contributed by atoms with Gasteiger partial charge in [-0.2, -0.15) is 4.99 Å². The molecule has 0 aromatic carbocycles. The van der Waals surface area contributed by atoms with Crippen LogP contribution in [-0.2, 0) is 4.79 Å². The van der Waals surface area contributed by atoms with Gasteiger partial charge in [0.05, 0.1) is 0 Å². The molecule has 2 heteroatoms. The summed E-state index contributed by atoms with van der Waals surface area (Å²) in [6.45, 7) is 3.03. The van der Waals surface area contributed by atoms with Crippen molar-refractivity contribution in [3.05, 3.63) is 6.58 Å². The molecule has 0 aromatic rings. The quantitative estimate of drug-likeness (QED) is 0.314. The summed E-state index contributed by atoms with van der Waals surface area (Å²) in [7, 11) is 0. The van der Waals surface area contributed by atoms with Crippen molar-refractivity contribution in [2.45, 2.75) is 0 Å². The van der Waals surface area contributed by atoms with Crippen LogP contribution in [0.1, 0.15) is 0 Å². The average molecular weight is 69.1 g/mol. The van der Waals surface area contributed by atoms with Crippen molar-refractivity contribution in [1.29, 1.82) is 0 Å². The zero-order valence-corrected chi connectivity index (χ0v) is 2.64. The highest BCUT2D eigenvalue weighted by Crippen LogP contribution is 1.36. The Hall–Kier alpha value is -0.880. The lowest BCUT2D eigenvalue weighted by molar-refractivity contribution is -0.106. The lowest BCUT2D eigenvalue weighted by Gasteiger charge is -1.44. The highest BCUT2D eigenvalue weighted by Gasteiger charge is 1.42. The van der Waals surface area contributed by atoms with Gasteiger partial charge < -0.3 is 0 Å². The Labute approximate surface area is 29.8 Å². The summed E-state index contributed by atoms with van der Waals surface area (Å²) in [6, 6.07) is 0. The van der Waals surface area contributed by atoms with Crippen LogP contribution in [0.15, 0.2) is 11.6 Å². The van der Waals surface area contributed by atoms with Crippen LogP contribution in [0.25, 0.3) is 0 Å². The minimum absolute atomic E-state index is 0.382. The average Bonchev–Trinajstić information content (AvgIpc) is 1.41. The van der Waals surface area contributed by atoms with Crippen molar-refractivity contribution in [2.24, 2.45) is 4.99 Å². The van der Waals surface area contributed by atoms with E-state index in [1.807, 2.05) is 5.87 Å². The van der Waals surface area contributed by atoms with Gasteiger partial charge in [0.15, 0.2) is 0 Å². The predicted octanol–water partition coefficient (Wildman–Crippen LogP) is -0.00150. The van der Waals surface area contributed by atoms with Crippen molar-refractivity contribution in [3.8, 4) is 0 Å². The Balaban J connectivity index is 3.31. The molecule has 0 atom stereocenters. The van der Waals surface area contributed by atoms with E-state index >= 15 is 0 Å². The van der Waals surface area contributed by atoms with Crippen LogP contribution in [0.3, 0.4) is 0 Å². The Morgan fingerprint density at radius 2 is 2.60 bits per heavy atom. The fraction of sp³-hybridized carbons (Fsp3) is 0. The monoisotopic (exact) mass is 69.0 g/mol. The van der Waals surface area contributed by atoms with E-state index in [0.717, 1.165) is 0 Å². The van der Waals surface area contributed by atoms with Crippen molar-refractivity contribution >= 4 is 12.3 Å². The maximum Gasteiger partial charge on any atom is 0.240 e. The van der Waals surface area contributed by atoms with Crippen molar-refractivity contribution < 1.29 is 4.79 Å². The number of aliphatic imine (C=N–C) groups is 1. The minimum Gasteiger partial charge on any atom is -0.276 e. The van der Waals surface area contributed by atoms with E-state index in [1.165, 1.54) is 0 Å². The summed E-state index contributed by atoms with van der Waals surface area (Å²) >= 11 is 0. The van der Waals surface area contributed by atoms with Gasteiger partial charge in [0.25, 0.3) is 0 Å². The molecule has 1 amide bonds. The number of carbonyl (C=O) groups excluding carboxylic acids is 1. The molecular weight excluding hydrogens is 66.0 g/mol. The molecule has 26 valence electrons. The molecular formula is C3H3NO. The summed E-state index contributed by atoms with van der Waals surface area (Å²) in [4.78, 5) is 12.1. The van der Waals surface area contributed by atoms with E-state index in [9.17, 15) is 0 Å². The predicted molar refractivity (Wildman–Crippen MR) is 19.1 cm³/mol. The zero-order valence-electron chi connectivity index (χ0n) is 2.64. The largest absolute Gasteiger partial charge is 0.276 e. The van der Waals surface area contributed by atoms with Crippen LogP contribution in [0.5, 0.6) is 0 Å². The normalized spacial score (nSPS) is 4.80. The first kappa shape index (κ1) is 4.12. The Morgan fingerprint density at radius 3 is 2.60 bits per heavy atom. The maximum absolute atomic E-state index is 9.14. The van der Waals surface area contributed by atoms with Gasteiger partial charge in [-0.1, -0.05) is 0 Å². The van der Waals surface area contributed by atoms with Crippen molar-refractivity contribution in [1.82, 2.24) is 0 Å². The molecule has 0 aliphatic carbocycles. The van der Waals surface area contributed by atoms with Crippen molar-refractivity contribution in [3.63, 3.8) is 0 Å². The topological polar surface area (TPSA) is 29.4 Å². The van der Waals surface area contributed by atoms with Crippen LogP contribution in [0.4, 0.5) is 0 Å². The van der Waals surface area contributed by atoms with Crippen molar-refractivity contribution in [2.75, 3.05) is 0 Å². The van der Waals surface area contributed by atoms with Gasteiger partial charge >= 0.3 is 0 Å². The number of rotatable bonds is 1. The Kier molecular flexibility index (Phi) is 2.57. The molecule has 0 saturated carbocycles. The lowest BCUT2D eigenvalue weighted by atomic mass is 11.1. The Bertz CT molecular complexity index is 71.0. The molecule has 0 aliphatic heterocycles. The molecule has 0 fully saturated rings. The highest BCUT2D eigenvalue weighted by atomic mass is 16.1. The molecule has 0 aromatic heterocycles. The molecule has 0 N–H and O–H groups in total. The molecule has 0 unspecified atom stereocenters. The second-order valence-corrected chi connectivity index (χ2v) is 0.393. The fourth-order valence-corrected chi connectivity index (χ4v) is 0.0373. The third-order valence-electron chi connectivity index (χ3n) is 0.144. The van der Waals surface area contributed by atoms with Gasteiger partial charge in [-0.05, 0) is 12.4 Å². The maximum atomic E-state index is 9.14. The van der Waals surface area contributed by atoms with Crippen LogP contribution < -0.4 is 0 Å². The van der Waals surface area contributed by atoms with Crippen LogP contribution in [0.2, 0.25) is 0 Å². The number of amides is 1. The molecule has 0 saturated heterocycles. The summed E-state index contributed by atoms with van der Waals surface area (Å²) < 4.78 is 0. The van der Waals surface area contributed by atoms with Gasteiger partial charge in [0.2, 0.25) is 6.41 Å². The highest BCUT2D eigenvalue weighted by molar-refractivity contribution is 5.63. The van der Waals surface area contributed by atoms with E-state index in [1.54, 1.807) is 0 Å². The second kappa shape index (κ2) is 3.12. The first-order chi connectivity index (χ1) is 2.41. The van der Waals surface area contributed by atoms with Crippen LogP contribution in [0, 0.1) is 0 Å². The lowest BCUT2D eigenvalue weighted by Crippen LogP contribution is -1.51. The van der Waals surface area contributed by atoms with E-state index in [2.05, 4.69) is 11.6 Å². The summed E-state index contributed by atoms with van der Waals surface area (Å²) in [5.41, 5.74) is 0. The standard InChI is InChI=1S/C3H3NO/c1-2-4-3-5/h3H,1H2. The smallest absolute Gasteiger partial charge is 0.240 e. The molecule has 0 aliphatic rings. The third kappa shape index (κ3) is 3.12. The summed E-state index contributed by atoms with van der Waals surface area (Å²) in [5.74, 6) is 2.02. The molecule has 0 rings (SSSR count). The molecule has 2 nitrogen and oxygen atoms in total. The third-order valence-corrected chi connectivity index (χ3v) is 0.144. The SMILES string of the molecule is C=C=NC=O. The minimum atomic E-state index is 0.382. The zero-order chi connectivity index (χ0) is 4.12. The van der Waals surface area contributed by atoms with E-state index in [4.69, 9.17) is 4.79 Å². The molecule has 0 heterocycles. The molecule has 5 heavy (non-hydrogen) atoms. The van der Waals surface area contributed by atoms with Gasteiger partial charge in [0.1, 0.15) is 0 Å². The van der Waals surface area contributed by atoms with Gasteiger partial charge in [-0.3, -0.25) is 4.79 Å². The van der Waals surface area contributed by atoms with E-state index < -0.39 is 0 Å². The van der Waals surface area contributed by atoms with E-state index in [0.29, 0.717) is 6.41 Å². The van der Waals surface area contributed by atoms with Crippen LogP contribution >= 0.6 is 0 Å². The molecule has 0 bridgehead atoms. The second-order valence-electron chi connectivity index (χ2n) is 0.393. The van der Waals surface area contributed by atoms with Gasteiger partial charge in [-0.25, -0.2) is 0 Å². The molecule has 0 spiro atoms. The van der Waals surface area contributed by atoms with Crippen LogP contribution in [-0.4, -0.2) is 12.3 Å². The molecule has 0 radical (unpaired) electrons. The number of carbonyl (C=O) groups is 1. The summed E-state index contributed by atoms with van der Waals surface area (Å²) in [6.07, 6.45) is 0.382. The first-order valence-electron chi connectivity index (χ1n) is 1.07. The Morgan fingerprint density at radius 1 is 2.00 bits per heavy atom. The number of hydrogen-bond acceptors (Lipinski definition) is 1.